The Labute approximate surface area is 103 Å². The van der Waals surface area contributed by atoms with E-state index in [4.69, 9.17) is 4.74 Å². The van der Waals surface area contributed by atoms with Crippen LogP contribution in [0.2, 0.25) is 0 Å². The average Bonchev–Trinajstić information content (AvgIpc) is 2.79. The lowest BCUT2D eigenvalue weighted by atomic mass is 9.92. The number of hydrogen-bond acceptors (Lipinski definition) is 3. The molecule has 0 aliphatic carbocycles. The van der Waals surface area contributed by atoms with Crippen LogP contribution in [0, 0.1) is 5.92 Å². The van der Waals surface area contributed by atoms with E-state index in [9.17, 15) is 0 Å². The fourth-order valence-corrected chi connectivity index (χ4v) is 3.86. The Kier molecular flexibility index (Phi) is 3.83. The van der Waals surface area contributed by atoms with Gasteiger partial charge in [0.15, 0.2) is 0 Å². The van der Waals surface area contributed by atoms with Crippen molar-refractivity contribution in [3.8, 4) is 0 Å². The third kappa shape index (κ3) is 2.44. The van der Waals surface area contributed by atoms with Crippen molar-refractivity contribution < 1.29 is 4.74 Å². The van der Waals surface area contributed by atoms with Crippen LogP contribution >= 0.6 is 27.3 Å². The highest BCUT2D eigenvalue weighted by molar-refractivity contribution is 9.11. The van der Waals surface area contributed by atoms with Crippen LogP contribution in [0.25, 0.3) is 0 Å². The van der Waals surface area contributed by atoms with Crippen molar-refractivity contribution in [1.82, 2.24) is 5.32 Å². The first-order valence-electron chi connectivity index (χ1n) is 5.26. The van der Waals surface area contributed by atoms with Crippen LogP contribution < -0.4 is 5.32 Å². The summed E-state index contributed by atoms with van der Waals surface area (Å²) in [5.41, 5.74) is 0. The second-order valence-corrected chi connectivity index (χ2v) is 6.43. The van der Waals surface area contributed by atoms with Crippen molar-refractivity contribution >= 4 is 27.3 Å². The van der Waals surface area contributed by atoms with E-state index in [1.807, 2.05) is 18.4 Å². The monoisotopic (exact) mass is 289 g/mol. The van der Waals surface area contributed by atoms with E-state index in [1.165, 1.54) is 8.66 Å². The SMILES string of the molecule is CNC(c1ccc(Br)s1)C1CCOC1C. The lowest BCUT2D eigenvalue weighted by Gasteiger charge is -2.24. The van der Waals surface area contributed by atoms with Crippen molar-refractivity contribution in [3.63, 3.8) is 0 Å². The molecule has 1 fully saturated rings. The summed E-state index contributed by atoms with van der Waals surface area (Å²) in [4.78, 5) is 1.40. The summed E-state index contributed by atoms with van der Waals surface area (Å²) in [5, 5.41) is 3.41. The molecule has 2 rings (SSSR count). The number of hydrogen-bond donors (Lipinski definition) is 1. The van der Waals surface area contributed by atoms with Gasteiger partial charge in [-0.05, 0) is 48.5 Å². The van der Waals surface area contributed by atoms with Crippen LogP contribution in [0.3, 0.4) is 0 Å². The van der Waals surface area contributed by atoms with Crippen LogP contribution in [0.1, 0.15) is 24.3 Å². The molecule has 1 aliphatic heterocycles. The Morgan fingerprint density at radius 2 is 2.40 bits per heavy atom. The second-order valence-electron chi connectivity index (χ2n) is 3.94. The number of halogens is 1. The third-order valence-electron chi connectivity index (χ3n) is 3.07. The van der Waals surface area contributed by atoms with Gasteiger partial charge in [0.2, 0.25) is 0 Å². The van der Waals surface area contributed by atoms with E-state index in [0.717, 1.165) is 13.0 Å². The quantitative estimate of drug-likeness (QED) is 0.923. The average molecular weight is 290 g/mol. The summed E-state index contributed by atoms with van der Waals surface area (Å²) in [6.45, 7) is 3.07. The molecular formula is C11H16BrNOS. The molecule has 0 spiro atoms. The molecule has 1 aromatic heterocycles. The van der Waals surface area contributed by atoms with Gasteiger partial charge in [-0.25, -0.2) is 0 Å². The lowest BCUT2D eigenvalue weighted by Crippen LogP contribution is -2.28. The van der Waals surface area contributed by atoms with Crippen LogP contribution in [0.4, 0.5) is 0 Å². The maximum absolute atomic E-state index is 5.63. The Morgan fingerprint density at radius 1 is 1.60 bits per heavy atom. The lowest BCUT2D eigenvalue weighted by molar-refractivity contribution is 0.0966. The molecule has 3 atom stereocenters. The Hall–Kier alpha value is 0.1000. The van der Waals surface area contributed by atoms with Gasteiger partial charge in [-0.2, -0.15) is 0 Å². The largest absolute Gasteiger partial charge is 0.378 e. The van der Waals surface area contributed by atoms with Gasteiger partial charge in [0.1, 0.15) is 0 Å². The molecule has 0 bridgehead atoms. The van der Waals surface area contributed by atoms with Crippen LogP contribution in [0.5, 0.6) is 0 Å². The minimum absolute atomic E-state index is 0.364. The first-order chi connectivity index (χ1) is 7.22. The van der Waals surface area contributed by atoms with Gasteiger partial charge in [-0.1, -0.05) is 0 Å². The van der Waals surface area contributed by atoms with Crippen LogP contribution in [-0.4, -0.2) is 19.8 Å². The van der Waals surface area contributed by atoms with Crippen molar-refractivity contribution in [2.45, 2.75) is 25.5 Å². The minimum atomic E-state index is 0.364. The van der Waals surface area contributed by atoms with Gasteiger partial charge >= 0.3 is 0 Å². The molecule has 1 N–H and O–H groups in total. The summed E-state index contributed by atoms with van der Waals surface area (Å²) < 4.78 is 6.83. The normalized spacial score (nSPS) is 28.2. The molecule has 3 unspecified atom stereocenters. The Balaban J connectivity index is 2.16. The fourth-order valence-electron chi connectivity index (χ4n) is 2.25. The molecule has 0 radical (unpaired) electrons. The van der Waals surface area contributed by atoms with Gasteiger partial charge in [-0.15, -0.1) is 11.3 Å². The van der Waals surface area contributed by atoms with Crippen molar-refractivity contribution in [3.05, 3.63) is 20.8 Å². The molecule has 2 heterocycles. The zero-order chi connectivity index (χ0) is 10.8. The molecule has 0 amide bonds. The second kappa shape index (κ2) is 4.95. The Bertz CT molecular complexity index is 328. The van der Waals surface area contributed by atoms with Gasteiger partial charge in [0.25, 0.3) is 0 Å². The minimum Gasteiger partial charge on any atom is -0.378 e. The van der Waals surface area contributed by atoms with Gasteiger partial charge < -0.3 is 10.1 Å². The van der Waals surface area contributed by atoms with E-state index in [0.29, 0.717) is 18.1 Å². The van der Waals surface area contributed by atoms with Crippen LogP contribution in [-0.2, 0) is 4.74 Å². The zero-order valence-corrected chi connectivity index (χ0v) is 11.4. The zero-order valence-electron chi connectivity index (χ0n) is 9.00. The Morgan fingerprint density at radius 3 is 2.87 bits per heavy atom. The predicted octanol–water partition coefficient (Wildman–Crippen LogP) is 3.20. The molecule has 0 aromatic carbocycles. The van der Waals surface area contributed by atoms with E-state index >= 15 is 0 Å². The molecule has 84 valence electrons. The molecule has 2 nitrogen and oxygen atoms in total. The molecule has 1 aliphatic rings. The first kappa shape index (κ1) is 11.6. The maximum Gasteiger partial charge on any atom is 0.0701 e. The summed E-state index contributed by atoms with van der Waals surface area (Å²) in [7, 11) is 2.03. The standard InChI is InChI=1S/C11H16BrNOS/c1-7-8(5-6-14-7)11(13-2)9-3-4-10(12)15-9/h3-4,7-8,11,13H,5-6H2,1-2H3. The molecule has 1 aromatic rings. The van der Waals surface area contributed by atoms with E-state index < -0.39 is 0 Å². The first-order valence-corrected chi connectivity index (χ1v) is 6.87. The van der Waals surface area contributed by atoms with Gasteiger partial charge in [-0.3, -0.25) is 0 Å². The van der Waals surface area contributed by atoms with E-state index in [-0.39, 0.29) is 0 Å². The van der Waals surface area contributed by atoms with Crippen LogP contribution in [0.15, 0.2) is 15.9 Å². The maximum atomic E-state index is 5.63. The van der Waals surface area contributed by atoms with Crippen molar-refractivity contribution in [2.75, 3.05) is 13.7 Å². The highest BCUT2D eigenvalue weighted by Crippen LogP contribution is 2.37. The van der Waals surface area contributed by atoms with Crippen molar-refractivity contribution in [2.24, 2.45) is 5.92 Å². The van der Waals surface area contributed by atoms with E-state index in [2.05, 4.69) is 40.3 Å². The van der Waals surface area contributed by atoms with E-state index in [1.54, 1.807) is 0 Å². The molecular weight excluding hydrogens is 274 g/mol. The fraction of sp³-hybridized carbons (Fsp3) is 0.636. The van der Waals surface area contributed by atoms with Gasteiger partial charge in [0.05, 0.1) is 9.89 Å². The molecule has 1 saturated heterocycles. The number of nitrogens with one attached hydrogen (secondary N) is 1. The number of thiophene rings is 1. The smallest absolute Gasteiger partial charge is 0.0701 e. The number of rotatable bonds is 3. The number of ether oxygens (including phenoxy) is 1. The molecule has 15 heavy (non-hydrogen) atoms. The van der Waals surface area contributed by atoms with Crippen molar-refractivity contribution in [1.29, 1.82) is 0 Å². The summed E-state index contributed by atoms with van der Waals surface area (Å²) in [5.74, 6) is 0.598. The molecule has 4 heteroatoms. The topological polar surface area (TPSA) is 21.3 Å². The predicted molar refractivity (Wildman–Crippen MR) is 67.3 cm³/mol. The highest BCUT2D eigenvalue weighted by atomic mass is 79.9. The third-order valence-corrected chi connectivity index (χ3v) is 4.78. The highest BCUT2D eigenvalue weighted by Gasteiger charge is 2.32. The summed E-state index contributed by atoms with van der Waals surface area (Å²) >= 11 is 5.32. The molecule has 0 saturated carbocycles. The summed E-state index contributed by atoms with van der Waals surface area (Å²) in [6.07, 6.45) is 1.52. The van der Waals surface area contributed by atoms with Gasteiger partial charge in [0, 0.05) is 23.4 Å². The summed E-state index contributed by atoms with van der Waals surface area (Å²) in [6, 6.07) is 4.74.